The standard InChI is InChI=1S/C30H43F3N6O6S2/c1-47(43,44)38-9-6-26-24(19-38)29(35-39(26)18-23(41)17-37-10-13-45-14-11-37)21-2-3-25(30(31,32)33)27(16-21)46-15-12-36-7-4-22(5-8-36)34-28(42)20-40/h2-3,16,22-23,40-41H,4-15,17-20H2,1H3,(H,34,42)/t23-/m1/s1. The van der Waals surface area contributed by atoms with Crippen LogP contribution in [-0.4, -0.2) is 138 Å². The fourth-order valence-corrected chi connectivity index (χ4v) is 8.26. The van der Waals surface area contributed by atoms with E-state index < -0.39 is 40.4 Å². The van der Waals surface area contributed by atoms with Crippen LogP contribution in [0.4, 0.5) is 13.2 Å². The smallest absolute Gasteiger partial charge is 0.390 e. The van der Waals surface area contributed by atoms with Crippen molar-refractivity contribution >= 4 is 27.7 Å². The molecule has 0 aliphatic carbocycles. The first kappa shape index (κ1) is 36.0. The Morgan fingerprint density at radius 2 is 1.85 bits per heavy atom. The lowest BCUT2D eigenvalue weighted by Gasteiger charge is -2.32. The zero-order chi connectivity index (χ0) is 33.8. The second-order valence-electron chi connectivity index (χ2n) is 12.3. The van der Waals surface area contributed by atoms with E-state index in [0.717, 1.165) is 29.8 Å². The summed E-state index contributed by atoms with van der Waals surface area (Å²) in [5.41, 5.74) is 1.52. The van der Waals surface area contributed by atoms with Crippen LogP contribution in [0.3, 0.4) is 0 Å². The molecule has 1 atom stereocenters. The second kappa shape index (κ2) is 15.5. The number of halogens is 3. The number of rotatable bonds is 12. The largest absolute Gasteiger partial charge is 0.417 e. The summed E-state index contributed by atoms with van der Waals surface area (Å²) >= 11 is 1.11. The molecular weight excluding hydrogens is 661 g/mol. The maximum atomic E-state index is 14.1. The van der Waals surface area contributed by atoms with Crippen molar-refractivity contribution in [2.75, 3.05) is 77.6 Å². The second-order valence-corrected chi connectivity index (χ2v) is 15.4. The number of alkyl halides is 3. The van der Waals surface area contributed by atoms with E-state index in [0.29, 0.717) is 94.3 Å². The molecule has 3 N–H and O–H groups in total. The van der Waals surface area contributed by atoms with Gasteiger partial charge in [-0.25, -0.2) is 8.42 Å². The van der Waals surface area contributed by atoms with Gasteiger partial charge in [0.2, 0.25) is 15.9 Å². The van der Waals surface area contributed by atoms with Crippen LogP contribution in [0.1, 0.15) is 29.7 Å². The van der Waals surface area contributed by atoms with E-state index in [2.05, 4.69) is 15.1 Å². The summed E-state index contributed by atoms with van der Waals surface area (Å²) in [7, 11) is -3.53. The lowest BCUT2D eigenvalue weighted by Crippen LogP contribution is -2.45. The van der Waals surface area contributed by atoms with Gasteiger partial charge in [0.25, 0.3) is 0 Å². The summed E-state index contributed by atoms with van der Waals surface area (Å²) in [5.74, 6) is -0.0136. The Labute approximate surface area is 277 Å². The van der Waals surface area contributed by atoms with Gasteiger partial charge in [-0.1, -0.05) is 6.07 Å². The summed E-state index contributed by atoms with van der Waals surface area (Å²) in [4.78, 5) is 15.8. The zero-order valence-electron chi connectivity index (χ0n) is 26.4. The quantitative estimate of drug-likeness (QED) is 0.277. The number of aliphatic hydroxyl groups is 2. The van der Waals surface area contributed by atoms with Gasteiger partial charge in [-0.15, -0.1) is 11.8 Å². The molecule has 0 spiro atoms. The summed E-state index contributed by atoms with van der Waals surface area (Å²) < 4.78 is 75.7. The molecule has 2 fully saturated rings. The fraction of sp³-hybridized carbons (Fsp3) is 0.667. The third kappa shape index (κ3) is 9.47. The minimum atomic E-state index is -4.57. The van der Waals surface area contributed by atoms with Gasteiger partial charge in [0.05, 0.1) is 43.4 Å². The van der Waals surface area contributed by atoms with E-state index in [-0.39, 0.29) is 30.6 Å². The van der Waals surface area contributed by atoms with E-state index in [1.54, 1.807) is 4.68 Å². The maximum Gasteiger partial charge on any atom is 0.417 e. The monoisotopic (exact) mass is 704 g/mol. The molecule has 47 heavy (non-hydrogen) atoms. The molecule has 2 saturated heterocycles. The highest BCUT2D eigenvalue weighted by atomic mass is 32.2. The molecule has 1 amide bonds. The number of hydrogen-bond acceptors (Lipinski definition) is 10. The molecular formula is C30H43F3N6O6S2. The molecule has 4 heterocycles. The molecule has 0 unspecified atom stereocenters. The number of piperidine rings is 1. The Kier molecular flexibility index (Phi) is 11.9. The first-order chi connectivity index (χ1) is 22.3. The van der Waals surface area contributed by atoms with Crippen LogP contribution in [0.2, 0.25) is 0 Å². The number of ether oxygens (including phenoxy) is 1. The summed E-state index contributed by atoms with van der Waals surface area (Å²) in [6.07, 6.45) is -2.44. The van der Waals surface area contributed by atoms with Gasteiger partial charge in [-0.2, -0.15) is 22.6 Å². The third-order valence-electron chi connectivity index (χ3n) is 8.85. The first-order valence-electron chi connectivity index (χ1n) is 15.8. The van der Waals surface area contributed by atoms with Crippen LogP contribution in [0.25, 0.3) is 11.3 Å². The fourth-order valence-electron chi connectivity index (χ4n) is 6.35. The number of sulfonamides is 1. The molecule has 1 aromatic heterocycles. The number of carbonyl (C=O) groups is 1. The number of thioether (sulfide) groups is 1. The SMILES string of the molecule is CS(=O)(=O)N1CCc2c(c(-c3ccc(C(F)(F)F)c(SCCN4CCC(NC(=O)CO)CC4)c3)nn2C[C@H](O)CN2CCOCC2)C1. The predicted molar refractivity (Wildman–Crippen MR) is 170 cm³/mol. The number of morpholine rings is 1. The number of nitrogens with zero attached hydrogens (tertiary/aromatic N) is 5. The van der Waals surface area contributed by atoms with Crippen molar-refractivity contribution in [3.63, 3.8) is 0 Å². The molecule has 3 aliphatic rings. The lowest BCUT2D eigenvalue weighted by molar-refractivity contribution is -0.139. The van der Waals surface area contributed by atoms with E-state index in [1.165, 1.54) is 16.4 Å². The van der Waals surface area contributed by atoms with Gasteiger partial charge < -0.3 is 25.2 Å². The molecule has 5 rings (SSSR count). The van der Waals surface area contributed by atoms with Crippen LogP contribution < -0.4 is 5.32 Å². The lowest BCUT2D eigenvalue weighted by atomic mass is 10.0. The van der Waals surface area contributed by atoms with Gasteiger partial charge in [-0.05, 0) is 25.0 Å². The van der Waals surface area contributed by atoms with Gasteiger partial charge in [-0.3, -0.25) is 14.4 Å². The average molecular weight is 705 g/mol. The van der Waals surface area contributed by atoms with Crippen LogP contribution >= 0.6 is 11.8 Å². The number of benzene rings is 1. The number of fused-ring (bicyclic) bond motifs is 1. The molecule has 12 nitrogen and oxygen atoms in total. The van der Waals surface area contributed by atoms with Crippen LogP contribution in [0.5, 0.6) is 0 Å². The number of hydrogen-bond donors (Lipinski definition) is 3. The van der Waals surface area contributed by atoms with Crippen molar-refractivity contribution in [2.45, 2.75) is 55.6 Å². The van der Waals surface area contributed by atoms with Gasteiger partial charge >= 0.3 is 6.18 Å². The van der Waals surface area contributed by atoms with Crippen molar-refractivity contribution in [1.82, 2.24) is 29.2 Å². The Morgan fingerprint density at radius 1 is 1.13 bits per heavy atom. The minimum Gasteiger partial charge on any atom is -0.390 e. The van der Waals surface area contributed by atoms with Gasteiger partial charge in [0.15, 0.2) is 0 Å². The predicted octanol–water partition coefficient (Wildman–Crippen LogP) is 1.24. The van der Waals surface area contributed by atoms with Crippen molar-refractivity contribution in [1.29, 1.82) is 0 Å². The first-order valence-corrected chi connectivity index (χ1v) is 18.6. The molecule has 3 aliphatic heterocycles. The molecule has 2 aromatic rings. The van der Waals surface area contributed by atoms with E-state index in [1.807, 2.05) is 0 Å². The van der Waals surface area contributed by atoms with Crippen LogP contribution in [0.15, 0.2) is 23.1 Å². The van der Waals surface area contributed by atoms with E-state index in [9.17, 15) is 31.5 Å². The van der Waals surface area contributed by atoms with Crippen molar-refractivity contribution in [3.05, 3.63) is 35.0 Å². The minimum absolute atomic E-state index is 0.0306. The number of amides is 1. The zero-order valence-corrected chi connectivity index (χ0v) is 28.0. The number of likely N-dealkylation sites (tertiary alicyclic amines) is 1. The van der Waals surface area contributed by atoms with Gasteiger partial charge in [0.1, 0.15) is 6.61 Å². The highest BCUT2D eigenvalue weighted by molar-refractivity contribution is 7.99. The van der Waals surface area contributed by atoms with E-state index in [4.69, 9.17) is 14.9 Å². The van der Waals surface area contributed by atoms with E-state index >= 15 is 0 Å². The number of aromatic nitrogens is 2. The summed E-state index contributed by atoms with van der Waals surface area (Å²) in [6.45, 7) is 4.82. The molecule has 17 heteroatoms. The van der Waals surface area contributed by atoms with Crippen molar-refractivity contribution in [2.24, 2.45) is 0 Å². The molecule has 0 radical (unpaired) electrons. The molecule has 0 bridgehead atoms. The maximum absolute atomic E-state index is 14.1. The molecule has 0 saturated carbocycles. The van der Waals surface area contributed by atoms with Crippen molar-refractivity contribution < 1.29 is 41.3 Å². The molecule has 1 aromatic carbocycles. The normalized spacial score (nSPS) is 19.9. The number of carbonyl (C=O) groups excluding carboxylic acids is 1. The highest BCUT2D eigenvalue weighted by Crippen LogP contribution is 2.40. The van der Waals surface area contributed by atoms with Crippen molar-refractivity contribution in [3.8, 4) is 11.3 Å². The van der Waals surface area contributed by atoms with Gasteiger partial charge in [0, 0.05) is 92.3 Å². The number of β-amino-alcohol motifs (C(OH)–C–C–N with tert-alkyl or cyclic N) is 1. The Bertz CT molecular complexity index is 1490. The van der Waals surface area contributed by atoms with Crippen LogP contribution in [0, 0.1) is 0 Å². The Morgan fingerprint density at radius 3 is 2.51 bits per heavy atom. The average Bonchev–Trinajstić information content (AvgIpc) is 3.38. The highest BCUT2D eigenvalue weighted by Gasteiger charge is 2.35. The Hall–Kier alpha value is -2.25. The number of nitrogens with one attached hydrogen (secondary N) is 1. The third-order valence-corrected chi connectivity index (χ3v) is 11.1. The topological polar surface area (TPSA) is 140 Å². The van der Waals surface area contributed by atoms with Crippen LogP contribution in [-0.2, 0) is 45.2 Å². The summed E-state index contributed by atoms with van der Waals surface area (Å²) in [6, 6.07) is 3.90. The Balaban J connectivity index is 1.35. The molecule has 262 valence electrons. The summed E-state index contributed by atoms with van der Waals surface area (Å²) in [5, 5.41) is 27.4. The number of aliphatic hydroxyl groups excluding tert-OH is 2.